The SMILES string of the molecule is N#Cc1cc(Cl)ccc1OCC(O)(c1ccc2c(cnn2-c2ccccc2)c1)C(F)(F)F. The minimum absolute atomic E-state index is 0.0402. The molecule has 0 saturated carbocycles. The molecule has 0 aliphatic rings. The number of aliphatic hydroxyl groups is 1. The van der Waals surface area contributed by atoms with E-state index in [0.717, 1.165) is 5.69 Å². The normalized spacial score (nSPS) is 13.5. The fourth-order valence-electron chi connectivity index (χ4n) is 3.29. The summed E-state index contributed by atoms with van der Waals surface area (Å²) in [6.07, 6.45) is -3.62. The van der Waals surface area contributed by atoms with E-state index in [2.05, 4.69) is 5.10 Å². The monoisotopic (exact) mass is 457 g/mol. The second kappa shape index (κ2) is 8.19. The van der Waals surface area contributed by atoms with Gasteiger partial charge in [0.05, 0.1) is 23.0 Å². The second-order valence-electron chi connectivity index (χ2n) is 7.06. The molecule has 3 aromatic carbocycles. The Labute approximate surface area is 185 Å². The van der Waals surface area contributed by atoms with E-state index in [-0.39, 0.29) is 16.3 Å². The van der Waals surface area contributed by atoms with Crippen molar-refractivity contribution in [2.24, 2.45) is 0 Å². The summed E-state index contributed by atoms with van der Waals surface area (Å²) in [5, 5.41) is 24.8. The molecule has 1 heterocycles. The van der Waals surface area contributed by atoms with Crippen LogP contribution in [0.4, 0.5) is 13.2 Å². The van der Waals surface area contributed by atoms with Crippen molar-refractivity contribution in [2.75, 3.05) is 6.61 Å². The van der Waals surface area contributed by atoms with Crippen molar-refractivity contribution in [3.05, 3.63) is 89.1 Å². The maximum absolute atomic E-state index is 14.0. The van der Waals surface area contributed by atoms with Crippen LogP contribution in [0.1, 0.15) is 11.1 Å². The fourth-order valence-corrected chi connectivity index (χ4v) is 3.46. The lowest BCUT2D eigenvalue weighted by Gasteiger charge is -2.31. The topological polar surface area (TPSA) is 71.1 Å². The lowest BCUT2D eigenvalue weighted by Crippen LogP contribution is -2.47. The molecule has 9 heteroatoms. The first-order chi connectivity index (χ1) is 15.2. The number of benzene rings is 3. The average Bonchev–Trinajstić information content (AvgIpc) is 3.21. The van der Waals surface area contributed by atoms with Crippen molar-refractivity contribution in [1.82, 2.24) is 9.78 Å². The molecular formula is C23H15ClF3N3O2. The third-order valence-corrected chi connectivity index (χ3v) is 5.25. The molecule has 162 valence electrons. The van der Waals surface area contributed by atoms with Crippen molar-refractivity contribution in [3.8, 4) is 17.5 Å². The van der Waals surface area contributed by atoms with Crippen LogP contribution < -0.4 is 4.74 Å². The molecule has 4 aromatic rings. The van der Waals surface area contributed by atoms with Gasteiger partial charge in [-0.15, -0.1) is 0 Å². The molecule has 1 aromatic heterocycles. The Hall–Kier alpha value is -3.54. The number of fused-ring (bicyclic) bond motifs is 1. The van der Waals surface area contributed by atoms with E-state index in [1.807, 2.05) is 36.4 Å². The third kappa shape index (κ3) is 3.88. The summed E-state index contributed by atoms with van der Waals surface area (Å²) < 4.78 is 48.8. The molecule has 5 nitrogen and oxygen atoms in total. The number of hydrogen-bond donors (Lipinski definition) is 1. The average molecular weight is 458 g/mol. The summed E-state index contributed by atoms with van der Waals surface area (Å²) >= 11 is 5.81. The van der Waals surface area contributed by atoms with E-state index in [0.29, 0.717) is 10.9 Å². The highest BCUT2D eigenvalue weighted by molar-refractivity contribution is 6.30. The molecular weight excluding hydrogens is 443 g/mol. The number of para-hydroxylation sites is 1. The molecule has 0 spiro atoms. The number of aromatic nitrogens is 2. The van der Waals surface area contributed by atoms with Gasteiger partial charge in [-0.3, -0.25) is 0 Å². The number of nitriles is 1. The number of alkyl halides is 3. The first-order valence-corrected chi connectivity index (χ1v) is 9.76. The van der Waals surface area contributed by atoms with Gasteiger partial charge in [-0.2, -0.15) is 23.5 Å². The van der Waals surface area contributed by atoms with Crippen LogP contribution in [0.2, 0.25) is 5.02 Å². The van der Waals surface area contributed by atoms with Gasteiger partial charge < -0.3 is 9.84 Å². The van der Waals surface area contributed by atoms with Crippen LogP contribution in [-0.4, -0.2) is 27.7 Å². The van der Waals surface area contributed by atoms with Crippen molar-refractivity contribution >= 4 is 22.5 Å². The number of halogens is 4. The van der Waals surface area contributed by atoms with Crippen molar-refractivity contribution in [2.45, 2.75) is 11.8 Å². The third-order valence-electron chi connectivity index (χ3n) is 5.01. The molecule has 0 bridgehead atoms. The van der Waals surface area contributed by atoms with Gasteiger partial charge in [-0.25, -0.2) is 4.68 Å². The van der Waals surface area contributed by atoms with E-state index in [4.69, 9.17) is 16.3 Å². The Kier molecular flexibility index (Phi) is 5.55. The quantitative estimate of drug-likeness (QED) is 0.437. The second-order valence-corrected chi connectivity index (χ2v) is 7.50. The lowest BCUT2D eigenvalue weighted by molar-refractivity contribution is -0.275. The van der Waals surface area contributed by atoms with Crippen LogP contribution >= 0.6 is 11.6 Å². The highest BCUT2D eigenvalue weighted by Crippen LogP contribution is 2.41. The van der Waals surface area contributed by atoms with Gasteiger partial charge in [-0.1, -0.05) is 35.9 Å². The Bertz CT molecular complexity index is 1320. The maximum Gasteiger partial charge on any atom is 0.424 e. The van der Waals surface area contributed by atoms with Gasteiger partial charge in [-0.05, 0) is 48.0 Å². The van der Waals surface area contributed by atoms with E-state index >= 15 is 0 Å². The molecule has 0 fully saturated rings. The lowest BCUT2D eigenvalue weighted by atomic mass is 9.93. The highest BCUT2D eigenvalue weighted by atomic mass is 35.5. The fraction of sp³-hybridized carbons (Fsp3) is 0.130. The van der Waals surface area contributed by atoms with Crippen LogP contribution in [0, 0.1) is 11.3 Å². The molecule has 0 aliphatic heterocycles. The zero-order valence-electron chi connectivity index (χ0n) is 16.3. The molecule has 0 saturated heterocycles. The largest absolute Gasteiger partial charge is 0.488 e. The molecule has 32 heavy (non-hydrogen) atoms. The van der Waals surface area contributed by atoms with Gasteiger partial charge in [0.1, 0.15) is 18.4 Å². The van der Waals surface area contributed by atoms with E-state index in [1.54, 1.807) is 4.68 Å². The van der Waals surface area contributed by atoms with Gasteiger partial charge in [0.25, 0.3) is 0 Å². The number of nitrogens with zero attached hydrogens (tertiary/aromatic N) is 3. The van der Waals surface area contributed by atoms with E-state index in [9.17, 15) is 23.5 Å². The molecule has 0 amide bonds. The van der Waals surface area contributed by atoms with Crippen molar-refractivity contribution in [1.29, 1.82) is 5.26 Å². The summed E-state index contributed by atoms with van der Waals surface area (Å²) in [5.41, 5.74) is -2.44. The van der Waals surface area contributed by atoms with E-state index < -0.39 is 23.9 Å². The first-order valence-electron chi connectivity index (χ1n) is 9.38. The predicted octanol–water partition coefficient (Wildman–Crippen LogP) is 5.38. The first kappa shape index (κ1) is 21.7. The van der Waals surface area contributed by atoms with E-state index in [1.165, 1.54) is 42.6 Å². The summed E-state index contributed by atoms with van der Waals surface area (Å²) in [5.74, 6) is -0.113. The minimum atomic E-state index is -5.05. The molecule has 4 rings (SSSR count). The van der Waals surface area contributed by atoms with Gasteiger partial charge in [0.2, 0.25) is 5.60 Å². The zero-order chi connectivity index (χ0) is 22.9. The molecule has 1 unspecified atom stereocenters. The Morgan fingerprint density at radius 3 is 2.50 bits per heavy atom. The molecule has 1 N–H and O–H groups in total. The number of rotatable bonds is 5. The summed E-state index contributed by atoms with van der Waals surface area (Å²) in [4.78, 5) is 0. The molecule has 0 aliphatic carbocycles. The van der Waals surface area contributed by atoms with Crippen molar-refractivity contribution in [3.63, 3.8) is 0 Å². The molecule has 0 radical (unpaired) electrons. The summed E-state index contributed by atoms with van der Waals surface area (Å²) in [6.45, 7) is -1.15. The van der Waals surface area contributed by atoms with Gasteiger partial charge in [0, 0.05) is 10.4 Å². The number of ether oxygens (including phenoxy) is 1. The summed E-state index contributed by atoms with van der Waals surface area (Å²) in [7, 11) is 0. The van der Waals surface area contributed by atoms with Crippen LogP contribution in [0.3, 0.4) is 0 Å². The smallest absolute Gasteiger partial charge is 0.424 e. The van der Waals surface area contributed by atoms with Crippen LogP contribution in [-0.2, 0) is 5.60 Å². The standard InChI is InChI=1S/C23H15ClF3N3O2/c24-18-7-9-21(15(11-18)12-28)32-14-22(31,23(25,26)27)17-6-8-20-16(10-17)13-29-30(20)19-4-2-1-3-5-19/h1-11,13,31H,14H2. The zero-order valence-corrected chi connectivity index (χ0v) is 17.1. The molecule has 1 atom stereocenters. The van der Waals surface area contributed by atoms with Gasteiger partial charge in [0.15, 0.2) is 0 Å². The Balaban J connectivity index is 1.71. The Morgan fingerprint density at radius 1 is 1.06 bits per heavy atom. The predicted molar refractivity (Wildman–Crippen MR) is 113 cm³/mol. The van der Waals surface area contributed by atoms with Crippen LogP contribution in [0.15, 0.2) is 72.9 Å². The summed E-state index contributed by atoms with van der Waals surface area (Å²) in [6, 6.07) is 18.8. The minimum Gasteiger partial charge on any atom is -0.488 e. The van der Waals surface area contributed by atoms with Crippen LogP contribution in [0.5, 0.6) is 5.75 Å². The Morgan fingerprint density at radius 2 is 1.81 bits per heavy atom. The number of hydrogen-bond acceptors (Lipinski definition) is 4. The highest BCUT2D eigenvalue weighted by Gasteiger charge is 2.56. The van der Waals surface area contributed by atoms with Crippen LogP contribution in [0.25, 0.3) is 16.6 Å². The maximum atomic E-state index is 14.0. The van der Waals surface area contributed by atoms with Gasteiger partial charge >= 0.3 is 6.18 Å². The van der Waals surface area contributed by atoms with Crippen molar-refractivity contribution < 1.29 is 23.0 Å².